The monoisotopic (exact) mass is 439 g/mol. The molecular weight excluding hydrogens is 418 g/mol. The van der Waals surface area contributed by atoms with Crippen LogP contribution in [0.15, 0.2) is 51.0 Å². The average Bonchev–Trinajstić information content (AvgIpc) is 3.55. The molecule has 154 valence electrons. The highest BCUT2D eigenvalue weighted by Crippen LogP contribution is 2.42. The van der Waals surface area contributed by atoms with Crippen LogP contribution in [0.4, 0.5) is 0 Å². The van der Waals surface area contributed by atoms with E-state index in [2.05, 4.69) is 44.7 Å². The Morgan fingerprint density at radius 3 is 2.77 bits per heavy atom. The van der Waals surface area contributed by atoms with Crippen LogP contribution in [-0.4, -0.2) is 35.8 Å². The Balaban J connectivity index is 1.50. The van der Waals surface area contributed by atoms with Crippen molar-refractivity contribution >= 4 is 22.7 Å². The van der Waals surface area contributed by atoms with Crippen LogP contribution < -0.4 is 9.47 Å². The molecule has 1 aliphatic rings. The number of fused-ring (bicyclic) bond motifs is 1. The summed E-state index contributed by atoms with van der Waals surface area (Å²) < 4.78 is 16.7. The van der Waals surface area contributed by atoms with Crippen LogP contribution in [0.3, 0.4) is 0 Å². The van der Waals surface area contributed by atoms with Crippen molar-refractivity contribution < 1.29 is 14.0 Å². The standard InChI is InChI=1S/C22H21N3O3S2/c1-26-17-10-14-5-7-25(12-20-23-22(24-28-20)15-6-9-29-13-15)21(19-4-3-8-30-19)16(14)11-18(17)27-2/h3-4,6,8-11,13,21H,5,7,12H2,1-2H3/t21-/m0/s1. The van der Waals surface area contributed by atoms with Crippen molar-refractivity contribution in [3.05, 3.63) is 68.4 Å². The lowest BCUT2D eigenvalue weighted by Crippen LogP contribution is -2.35. The Labute approximate surface area is 182 Å². The molecule has 1 aromatic carbocycles. The van der Waals surface area contributed by atoms with E-state index in [-0.39, 0.29) is 6.04 Å². The minimum Gasteiger partial charge on any atom is -0.493 e. The van der Waals surface area contributed by atoms with Crippen LogP contribution >= 0.6 is 22.7 Å². The fourth-order valence-corrected chi connectivity index (χ4v) is 5.46. The summed E-state index contributed by atoms with van der Waals surface area (Å²) in [5.74, 6) is 2.79. The molecule has 0 aliphatic carbocycles. The number of hydrogen-bond donors (Lipinski definition) is 0. The summed E-state index contributed by atoms with van der Waals surface area (Å²) in [6.07, 6.45) is 0.920. The zero-order chi connectivity index (χ0) is 20.5. The van der Waals surface area contributed by atoms with Gasteiger partial charge in [-0.2, -0.15) is 16.3 Å². The smallest absolute Gasteiger partial charge is 0.241 e. The van der Waals surface area contributed by atoms with E-state index in [1.165, 1.54) is 16.0 Å². The van der Waals surface area contributed by atoms with E-state index in [0.717, 1.165) is 30.0 Å². The number of ether oxygens (including phenoxy) is 2. The number of rotatable bonds is 6. The second kappa shape index (κ2) is 8.22. The van der Waals surface area contributed by atoms with Gasteiger partial charge in [0.15, 0.2) is 11.5 Å². The number of nitrogens with zero attached hydrogens (tertiary/aromatic N) is 3. The van der Waals surface area contributed by atoms with Crippen molar-refractivity contribution in [2.75, 3.05) is 20.8 Å². The fraction of sp³-hybridized carbons (Fsp3) is 0.273. The van der Waals surface area contributed by atoms with Gasteiger partial charge in [-0.1, -0.05) is 11.2 Å². The summed E-state index contributed by atoms with van der Waals surface area (Å²) in [5, 5.41) is 10.3. The lowest BCUT2D eigenvalue weighted by atomic mass is 9.91. The maximum atomic E-state index is 5.59. The molecule has 0 radical (unpaired) electrons. The molecule has 0 spiro atoms. The zero-order valence-electron chi connectivity index (χ0n) is 16.7. The second-order valence-corrected chi connectivity index (χ2v) is 8.83. The highest BCUT2D eigenvalue weighted by molar-refractivity contribution is 7.10. The minimum absolute atomic E-state index is 0.102. The summed E-state index contributed by atoms with van der Waals surface area (Å²) in [4.78, 5) is 8.30. The van der Waals surface area contributed by atoms with E-state index in [0.29, 0.717) is 18.3 Å². The van der Waals surface area contributed by atoms with Crippen LogP contribution in [-0.2, 0) is 13.0 Å². The van der Waals surface area contributed by atoms with Crippen LogP contribution in [0, 0.1) is 0 Å². The molecule has 0 amide bonds. The molecule has 4 aromatic rings. The first kappa shape index (κ1) is 19.3. The topological polar surface area (TPSA) is 60.6 Å². The van der Waals surface area contributed by atoms with Gasteiger partial charge in [0, 0.05) is 22.4 Å². The first-order valence-corrected chi connectivity index (χ1v) is 11.5. The molecule has 0 saturated heterocycles. The van der Waals surface area contributed by atoms with Gasteiger partial charge in [-0.05, 0) is 52.6 Å². The Bertz CT molecular complexity index is 1120. The van der Waals surface area contributed by atoms with Crippen molar-refractivity contribution in [1.82, 2.24) is 15.0 Å². The Morgan fingerprint density at radius 2 is 2.03 bits per heavy atom. The largest absolute Gasteiger partial charge is 0.493 e. The molecule has 1 atom stereocenters. The average molecular weight is 440 g/mol. The van der Waals surface area contributed by atoms with E-state index in [1.807, 2.05) is 16.8 Å². The van der Waals surface area contributed by atoms with E-state index in [1.54, 1.807) is 36.9 Å². The molecule has 5 rings (SSSR count). The quantitative estimate of drug-likeness (QED) is 0.420. The Hall–Kier alpha value is -2.68. The maximum absolute atomic E-state index is 5.59. The lowest BCUT2D eigenvalue weighted by molar-refractivity contribution is 0.179. The number of thiophene rings is 2. The Kier molecular flexibility index (Phi) is 5.28. The zero-order valence-corrected chi connectivity index (χ0v) is 18.3. The SMILES string of the molecule is COc1cc2c(cc1OC)[C@@H](c1cccs1)N(Cc1nc(-c3ccsc3)no1)CC2. The molecule has 0 N–H and O–H groups in total. The van der Waals surface area contributed by atoms with Crippen molar-refractivity contribution in [2.45, 2.75) is 19.0 Å². The van der Waals surface area contributed by atoms with Gasteiger partial charge in [0.1, 0.15) is 0 Å². The predicted molar refractivity (Wildman–Crippen MR) is 117 cm³/mol. The third-order valence-corrected chi connectivity index (χ3v) is 6.98. The lowest BCUT2D eigenvalue weighted by Gasteiger charge is -2.36. The van der Waals surface area contributed by atoms with Gasteiger partial charge in [0.2, 0.25) is 11.7 Å². The van der Waals surface area contributed by atoms with E-state index in [9.17, 15) is 0 Å². The van der Waals surface area contributed by atoms with Crippen LogP contribution in [0.5, 0.6) is 11.5 Å². The number of methoxy groups -OCH3 is 2. The van der Waals surface area contributed by atoms with Gasteiger partial charge < -0.3 is 14.0 Å². The van der Waals surface area contributed by atoms with E-state index < -0.39 is 0 Å². The van der Waals surface area contributed by atoms with Crippen LogP contribution in [0.2, 0.25) is 0 Å². The molecule has 1 aliphatic heterocycles. The summed E-state index contributed by atoms with van der Waals surface area (Å²) in [6, 6.07) is 10.6. The van der Waals surface area contributed by atoms with Gasteiger partial charge >= 0.3 is 0 Å². The summed E-state index contributed by atoms with van der Waals surface area (Å²) >= 11 is 3.38. The molecule has 0 fully saturated rings. The minimum atomic E-state index is 0.102. The number of benzene rings is 1. The fourth-order valence-electron chi connectivity index (χ4n) is 3.95. The van der Waals surface area contributed by atoms with E-state index >= 15 is 0 Å². The first-order chi connectivity index (χ1) is 14.8. The molecule has 6 nitrogen and oxygen atoms in total. The van der Waals surface area contributed by atoms with Gasteiger partial charge in [0.25, 0.3) is 0 Å². The van der Waals surface area contributed by atoms with Crippen molar-refractivity contribution in [3.8, 4) is 22.9 Å². The van der Waals surface area contributed by atoms with Crippen molar-refractivity contribution in [1.29, 1.82) is 0 Å². The summed E-state index contributed by atoms with van der Waals surface area (Å²) in [7, 11) is 3.35. The molecule has 0 unspecified atom stereocenters. The van der Waals surface area contributed by atoms with Crippen LogP contribution in [0.1, 0.15) is 27.9 Å². The van der Waals surface area contributed by atoms with Gasteiger partial charge in [0.05, 0.1) is 26.8 Å². The van der Waals surface area contributed by atoms with Gasteiger partial charge in [-0.3, -0.25) is 4.90 Å². The molecule has 30 heavy (non-hydrogen) atoms. The van der Waals surface area contributed by atoms with Crippen molar-refractivity contribution in [2.24, 2.45) is 0 Å². The summed E-state index contributed by atoms with van der Waals surface area (Å²) in [6.45, 7) is 1.48. The molecule has 3 aromatic heterocycles. The van der Waals surface area contributed by atoms with Gasteiger partial charge in [-0.15, -0.1) is 11.3 Å². The third-order valence-electron chi connectivity index (χ3n) is 5.37. The first-order valence-electron chi connectivity index (χ1n) is 9.64. The number of aromatic nitrogens is 2. The second-order valence-electron chi connectivity index (χ2n) is 7.07. The van der Waals surface area contributed by atoms with Gasteiger partial charge in [-0.25, -0.2) is 0 Å². The third kappa shape index (κ3) is 3.51. The number of hydrogen-bond acceptors (Lipinski definition) is 8. The Morgan fingerprint density at radius 1 is 1.17 bits per heavy atom. The summed E-state index contributed by atoms with van der Waals surface area (Å²) in [5.41, 5.74) is 3.51. The molecular formula is C22H21N3O3S2. The molecule has 8 heteroatoms. The highest BCUT2D eigenvalue weighted by atomic mass is 32.1. The molecule has 0 saturated carbocycles. The maximum Gasteiger partial charge on any atom is 0.241 e. The highest BCUT2D eigenvalue weighted by Gasteiger charge is 2.32. The van der Waals surface area contributed by atoms with Crippen molar-refractivity contribution in [3.63, 3.8) is 0 Å². The normalized spacial score (nSPS) is 16.4. The molecule has 0 bridgehead atoms. The molecule has 4 heterocycles. The van der Waals surface area contributed by atoms with E-state index in [4.69, 9.17) is 14.0 Å². The predicted octanol–water partition coefficient (Wildman–Crippen LogP) is 5.02. The van der Waals surface area contributed by atoms with Crippen LogP contribution in [0.25, 0.3) is 11.4 Å².